The van der Waals surface area contributed by atoms with Crippen LogP contribution < -0.4 is 10.1 Å². The van der Waals surface area contributed by atoms with E-state index in [9.17, 15) is 9.59 Å². The van der Waals surface area contributed by atoms with Gasteiger partial charge < -0.3 is 19.5 Å². The topological polar surface area (TPSA) is 73.9 Å². The Morgan fingerprint density at radius 2 is 1.87 bits per heavy atom. The number of nitrogens with one attached hydrogen (secondary N) is 1. The van der Waals surface area contributed by atoms with Crippen LogP contribution in [0.2, 0.25) is 0 Å². The molecule has 0 fully saturated rings. The minimum Gasteiger partial charge on any atom is -0.488 e. The Hall–Kier alpha value is -2.86. The molecule has 160 valence electrons. The van der Waals surface area contributed by atoms with E-state index in [1.54, 1.807) is 6.07 Å². The number of hydrogen-bond acceptors (Lipinski definition) is 6. The lowest BCUT2D eigenvalue weighted by Crippen LogP contribution is -2.43. The molecule has 0 amide bonds. The second-order valence-corrected chi connectivity index (χ2v) is 7.77. The van der Waals surface area contributed by atoms with Crippen molar-refractivity contribution in [2.75, 3.05) is 7.11 Å². The molecule has 0 spiro atoms. The van der Waals surface area contributed by atoms with Gasteiger partial charge in [-0.05, 0) is 35.6 Å². The van der Waals surface area contributed by atoms with Crippen molar-refractivity contribution >= 4 is 11.9 Å². The first-order chi connectivity index (χ1) is 14.4. The normalized spacial score (nSPS) is 17.9. The summed E-state index contributed by atoms with van der Waals surface area (Å²) in [6.07, 6.45) is 0.917. The molecule has 2 atom stereocenters. The number of carbonyl (C=O) groups excluding carboxylic acids is 2. The third-order valence-corrected chi connectivity index (χ3v) is 5.16. The number of hydrogen-bond donors (Lipinski definition) is 1. The molecule has 1 aliphatic carbocycles. The van der Waals surface area contributed by atoms with Gasteiger partial charge in [-0.25, -0.2) is 4.79 Å². The van der Waals surface area contributed by atoms with Gasteiger partial charge in [0.25, 0.3) is 0 Å². The predicted octanol–water partition coefficient (Wildman–Crippen LogP) is 3.97. The fourth-order valence-electron chi connectivity index (χ4n) is 3.95. The highest BCUT2D eigenvalue weighted by Crippen LogP contribution is 2.39. The lowest BCUT2D eigenvalue weighted by molar-refractivity contribution is -0.149. The number of esters is 2. The molecule has 6 heteroatoms. The Balaban J connectivity index is 1.98. The summed E-state index contributed by atoms with van der Waals surface area (Å²) >= 11 is 0. The van der Waals surface area contributed by atoms with Gasteiger partial charge in [0.1, 0.15) is 24.0 Å². The maximum absolute atomic E-state index is 12.7. The van der Waals surface area contributed by atoms with Crippen LogP contribution in [-0.2, 0) is 27.3 Å². The average molecular weight is 411 g/mol. The SMILES string of the molecule is COC(=O)c1c(OCc2ccccc2)ccc2c1CC[C@H](NC(C)C)[C@H]2OC(C)=O. The van der Waals surface area contributed by atoms with Gasteiger partial charge in [0.15, 0.2) is 0 Å². The Kier molecular flexibility index (Phi) is 7.11. The molecule has 6 nitrogen and oxygen atoms in total. The van der Waals surface area contributed by atoms with Crippen molar-refractivity contribution in [1.29, 1.82) is 0 Å². The Labute approximate surface area is 177 Å². The zero-order valence-electron chi connectivity index (χ0n) is 17.9. The van der Waals surface area contributed by atoms with E-state index in [2.05, 4.69) is 19.2 Å². The molecule has 0 saturated carbocycles. The molecule has 1 N–H and O–H groups in total. The van der Waals surface area contributed by atoms with Gasteiger partial charge >= 0.3 is 11.9 Å². The van der Waals surface area contributed by atoms with E-state index in [1.807, 2.05) is 36.4 Å². The standard InChI is InChI=1S/C24H29NO5/c1-15(2)25-20-12-10-18-19(23(20)30-16(3)26)11-13-21(22(18)24(27)28-4)29-14-17-8-6-5-7-9-17/h5-9,11,13,15,20,23,25H,10,12,14H2,1-4H3/t20-,23-/m0/s1. The second kappa shape index (κ2) is 9.76. The van der Waals surface area contributed by atoms with Crippen molar-refractivity contribution < 1.29 is 23.8 Å². The number of fused-ring (bicyclic) bond motifs is 1. The summed E-state index contributed by atoms with van der Waals surface area (Å²) in [6, 6.07) is 13.6. The summed E-state index contributed by atoms with van der Waals surface area (Å²) in [5.41, 5.74) is 3.05. The highest BCUT2D eigenvalue weighted by molar-refractivity contribution is 5.94. The van der Waals surface area contributed by atoms with Gasteiger partial charge in [0.2, 0.25) is 0 Å². The number of benzene rings is 2. The fraction of sp³-hybridized carbons (Fsp3) is 0.417. The molecule has 2 aromatic carbocycles. The summed E-state index contributed by atoms with van der Waals surface area (Å²) < 4.78 is 16.7. The third-order valence-electron chi connectivity index (χ3n) is 5.16. The molecule has 0 saturated heterocycles. The van der Waals surface area contributed by atoms with Gasteiger partial charge in [0.05, 0.1) is 7.11 Å². The van der Waals surface area contributed by atoms with E-state index in [0.29, 0.717) is 24.3 Å². The molecule has 0 heterocycles. The molecule has 0 unspecified atom stereocenters. The van der Waals surface area contributed by atoms with E-state index in [1.165, 1.54) is 14.0 Å². The molecule has 0 aliphatic heterocycles. The Morgan fingerprint density at radius 1 is 1.13 bits per heavy atom. The van der Waals surface area contributed by atoms with Crippen molar-refractivity contribution in [3.8, 4) is 5.75 Å². The first-order valence-corrected chi connectivity index (χ1v) is 10.2. The quantitative estimate of drug-likeness (QED) is 0.695. The van der Waals surface area contributed by atoms with Crippen LogP contribution in [-0.4, -0.2) is 31.1 Å². The molecule has 0 radical (unpaired) electrons. The van der Waals surface area contributed by atoms with Crippen LogP contribution in [0.3, 0.4) is 0 Å². The number of methoxy groups -OCH3 is 1. The molecular formula is C24H29NO5. The van der Waals surface area contributed by atoms with Crippen LogP contribution in [0.25, 0.3) is 0 Å². The maximum Gasteiger partial charge on any atom is 0.341 e. The van der Waals surface area contributed by atoms with Crippen LogP contribution in [0.5, 0.6) is 5.75 Å². The summed E-state index contributed by atoms with van der Waals surface area (Å²) in [4.78, 5) is 24.5. The monoisotopic (exact) mass is 411 g/mol. The highest BCUT2D eigenvalue weighted by atomic mass is 16.5. The second-order valence-electron chi connectivity index (χ2n) is 7.77. The molecule has 1 aliphatic rings. The molecule has 30 heavy (non-hydrogen) atoms. The largest absolute Gasteiger partial charge is 0.488 e. The number of carbonyl (C=O) groups is 2. The highest BCUT2D eigenvalue weighted by Gasteiger charge is 2.36. The van der Waals surface area contributed by atoms with Crippen LogP contribution in [0.4, 0.5) is 0 Å². The van der Waals surface area contributed by atoms with Gasteiger partial charge in [0, 0.05) is 19.0 Å². The van der Waals surface area contributed by atoms with E-state index < -0.39 is 12.1 Å². The molecule has 0 aromatic heterocycles. The van der Waals surface area contributed by atoms with Gasteiger partial charge in [-0.1, -0.05) is 50.2 Å². The van der Waals surface area contributed by atoms with E-state index in [-0.39, 0.29) is 18.1 Å². The van der Waals surface area contributed by atoms with Crippen LogP contribution >= 0.6 is 0 Å². The fourth-order valence-corrected chi connectivity index (χ4v) is 3.95. The third kappa shape index (κ3) is 5.00. The van der Waals surface area contributed by atoms with Crippen molar-refractivity contribution in [1.82, 2.24) is 5.32 Å². The smallest absolute Gasteiger partial charge is 0.341 e. The van der Waals surface area contributed by atoms with Crippen LogP contribution in [0.15, 0.2) is 42.5 Å². The van der Waals surface area contributed by atoms with Crippen molar-refractivity contribution in [3.63, 3.8) is 0 Å². The zero-order chi connectivity index (χ0) is 21.7. The van der Waals surface area contributed by atoms with Crippen LogP contribution in [0.1, 0.15) is 60.3 Å². The zero-order valence-corrected chi connectivity index (χ0v) is 17.9. The van der Waals surface area contributed by atoms with Crippen molar-refractivity contribution in [2.24, 2.45) is 0 Å². The maximum atomic E-state index is 12.7. The predicted molar refractivity (Wildman–Crippen MR) is 113 cm³/mol. The lowest BCUT2D eigenvalue weighted by Gasteiger charge is -2.35. The molecule has 3 rings (SSSR count). The van der Waals surface area contributed by atoms with Gasteiger partial charge in [-0.2, -0.15) is 0 Å². The number of rotatable bonds is 7. The van der Waals surface area contributed by atoms with Gasteiger partial charge in [-0.15, -0.1) is 0 Å². The average Bonchev–Trinajstić information content (AvgIpc) is 2.73. The minimum absolute atomic E-state index is 0.0250. The Bertz CT molecular complexity index is 894. The molecule has 2 aromatic rings. The molecular weight excluding hydrogens is 382 g/mol. The summed E-state index contributed by atoms with van der Waals surface area (Å²) in [5.74, 6) is -0.333. The molecule has 0 bridgehead atoms. The summed E-state index contributed by atoms with van der Waals surface area (Å²) in [5, 5.41) is 3.48. The van der Waals surface area contributed by atoms with Crippen LogP contribution in [0, 0.1) is 0 Å². The van der Waals surface area contributed by atoms with E-state index in [0.717, 1.165) is 23.1 Å². The Morgan fingerprint density at radius 3 is 2.50 bits per heavy atom. The summed E-state index contributed by atoms with van der Waals surface area (Å²) in [6.45, 7) is 5.86. The number of ether oxygens (including phenoxy) is 3. The minimum atomic E-state index is -0.472. The first kappa shape index (κ1) is 21.8. The first-order valence-electron chi connectivity index (χ1n) is 10.2. The van der Waals surface area contributed by atoms with E-state index >= 15 is 0 Å². The lowest BCUT2D eigenvalue weighted by atomic mass is 9.82. The van der Waals surface area contributed by atoms with Gasteiger partial charge in [-0.3, -0.25) is 4.79 Å². The van der Waals surface area contributed by atoms with Crippen molar-refractivity contribution in [3.05, 3.63) is 64.7 Å². The summed E-state index contributed by atoms with van der Waals surface area (Å²) in [7, 11) is 1.36. The van der Waals surface area contributed by atoms with Crippen molar-refractivity contribution in [2.45, 2.75) is 58.4 Å². The van der Waals surface area contributed by atoms with E-state index in [4.69, 9.17) is 14.2 Å².